The molecule has 2 aromatic rings. The minimum Gasteiger partial charge on any atom is -0.391 e. The van der Waals surface area contributed by atoms with Gasteiger partial charge in [-0.15, -0.1) is 0 Å². The van der Waals surface area contributed by atoms with Crippen molar-refractivity contribution in [1.29, 1.82) is 0 Å². The van der Waals surface area contributed by atoms with Crippen molar-refractivity contribution in [2.75, 3.05) is 38.0 Å². The third-order valence-corrected chi connectivity index (χ3v) is 6.34. The van der Waals surface area contributed by atoms with Crippen LogP contribution in [0.4, 0.5) is 11.6 Å². The molecule has 10 nitrogen and oxygen atoms in total. The van der Waals surface area contributed by atoms with Gasteiger partial charge >= 0.3 is 5.69 Å². The van der Waals surface area contributed by atoms with Crippen molar-refractivity contribution in [2.24, 2.45) is 5.73 Å². The second kappa shape index (κ2) is 10.9. The molecule has 0 radical (unpaired) electrons. The molecule has 0 bridgehead atoms. The number of piperidine rings is 1. The first-order chi connectivity index (χ1) is 16.0. The molecule has 10 heteroatoms. The maximum Gasteiger partial charge on any atom is 0.349 e. The molecule has 0 aliphatic carbocycles. The van der Waals surface area contributed by atoms with Crippen LogP contribution in [0.1, 0.15) is 42.5 Å². The topological polar surface area (TPSA) is 130 Å². The number of unbranched alkanes of at least 4 members (excludes halogenated alkanes) is 1. The molecule has 2 saturated heterocycles. The van der Waals surface area contributed by atoms with E-state index in [1.165, 1.54) is 0 Å². The molecule has 178 valence electrons. The zero-order valence-corrected chi connectivity index (χ0v) is 18.9. The second-order valence-electron chi connectivity index (χ2n) is 8.92. The summed E-state index contributed by atoms with van der Waals surface area (Å²) in [6.45, 7) is 4.66. The van der Waals surface area contributed by atoms with Crippen LogP contribution in [0.5, 0.6) is 0 Å². The first-order valence-electron chi connectivity index (χ1n) is 11.7. The Labute approximate surface area is 193 Å². The molecule has 33 heavy (non-hydrogen) atoms. The van der Waals surface area contributed by atoms with Crippen LogP contribution in [-0.4, -0.2) is 80.2 Å². The zero-order chi connectivity index (χ0) is 23.2. The van der Waals surface area contributed by atoms with Crippen molar-refractivity contribution in [3.05, 3.63) is 46.6 Å². The van der Waals surface area contributed by atoms with Crippen molar-refractivity contribution in [1.82, 2.24) is 24.3 Å². The molecule has 2 aliphatic heterocycles. The summed E-state index contributed by atoms with van der Waals surface area (Å²) in [7, 11) is 0. The molecule has 1 atom stereocenters. The van der Waals surface area contributed by atoms with Crippen molar-refractivity contribution < 1.29 is 9.90 Å². The van der Waals surface area contributed by atoms with Gasteiger partial charge in [0.25, 0.3) is 5.91 Å². The summed E-state index contributed by atoms with van der Waals surface area (Å²) in [6.07, 6.45) is 7.46. The van der Waals surface area contributed by atoms with Crippen LogP contribution in [0, 0.1) is 0 Å². The van der Waals surface area contributed by atoms with E-state index in [0.717, 1.165) is 45.3 Å². The molecule has 4 heterocycles. The first kappa shape index (κ1) is 23.3. The van der Waals surface area contributed by atoms with Crippen LogP contribution in [0.25, 0.3) is 0 Å². The standard InChI is InChI=1S/C23H33N7O3/c24-18-4-11-28(12-5-18)9-1-2-10-29-14-7-20(27-23(29)33)26-21-15-17(3-8-25-21)22(32)30-13-6-19(31)16-30/h3,7-8,14-15,18-19,31H,1-2,4-6,9-13,16,24H2,(H,25,26,27,33)/t19-/m1/s1. The first-order valence-corrected chi connectivity index (χ1v) is 11.7. The number of carbonyl (C=O) groups is 1. The third-order valence-electron chi connectivity index (χ3n) is 6.34. The van der Waals surface area contributed by atoms with E-state index in [0.29, 0.717) is 49.3 Å². The summed E-state index contributed by atoms with van der Waals surface area (Å²) in [5, 5.41) is 12.7. The van der Waals surface area contributed by atoms with Gasteiger partial charge in [0.05, 0.1) is 6.10 Å². The lowest BCUT2D eigenvalue weighted by Crippen LogP contribution is -2.40. The summed E-state index contributed by atoms with van der Waals surface area (Å²) in [4.78, 5) is 37.4. The number of hydrogen-bond acceptors (Lipinski definition) is 8. The van der Waals surface area contributed by atoms with E-state index in [9.17, 15) is 14.7 Å². The van der Waals surface area contributed by atoms with Gasteiger partial charge in [-0.3, -0.25) is 9.36 Å². The number of likely N-dealkylation sites (tertiary alicyclic amines) is 2. The number of anilines is 2. The molecular weight excluding hydrogens is 422 g/mol. The van der Waals surface area contributed by atoms with E-state index in [-0.39, 0.29) is 11.6 Å². The van der Waals surface area contributed by atoms with Gasteiger partial charge in [0.1, 0.15) is 11.6 Å². The Morgan fingerprint density at radius 2 is 1.91 bits per heavy atom. The van der Waals surface area contributed by atoms with Gasteiger partial charge in [0.15, 0.2) is 0 Å². The lowest BCUT2D eigenvalue weighted by Gasteiger charge is -2.29. The van der Waals surface area contributed by atoms with E-state index < -0.39 is 6.10 Å². The number of aliphatic hydroxyl groups is 1. The number of aliphatic hydroxyl groups excluding tert-OH is 1. The lowest BCUT2D eigenvalue weighted by molar-refractivity contribution is 0.0765. The minimum atomic E-state index is -0.465. The summed E-state index contributed by atoms with van der Waals surface area (Å²) < 4.78 is 1.61. The second-order valence-corrected chi connectivity index (χ2v) is 8.92. The number of carbonyl (C=O) groups excluding carboxylic acids is 1. The molecule has 4 rings (SSSR count). The highest BCUT2D eigenvalue weighted by atomic mass is 16.3. The number of hydrogen-bond donors (Lipinski definition) is 3. The molecule has 1 amide bonds. The number of nitrogens with zero attached hydrogens (tertiary/aromatic N) is 5. The average Bonchev–Trinajstić information content (AvgIpc) is 3.25. The SMILES string of the molecule is NC1CCN(CCCCn2ccc(Nc3cc(C(=O)N4CC[C@@H](O)C4)ccn3)nc2=O)CC1. The molecule has 0 unspecified atom stereocenters. The molecule has 4 N–H and O–H groups in total. The lowest BCUT2D eigenvalue weighted by atomic mass is 10.1. The van der Waals surface area contributed by atoms with Gasteiger partial charge in [-0.05, 0) is 69.9 Å². The normalized spacial score (nSPS) is 19.7. The van der Waals surface area contributed by atoms with Crippen molar-refractivity contribution in [3.63, 3.8) is 0 Å². The van der Waals surface area contributed by atoms with Crippen LogP contribution in [0.3, 0.4) is 0 Å². The summed E-state index contributed by atoms with van der Waals surface area (Å²) in [5.74, 6) is 0.675. The van der Waals surface area contributed by atoms with Gasteiger partial charge in [-0.25, -0.2) is 9.78 Å². The highest BCUT2D eigenvalue weighted by Gasteiger charge is 2.25. The van der Waals surface area contributed by atoms with Gasteiger partial charge in [0.2, 0.25) is 0 Å². The van der Waals surface area contributed by atoms with Crippen LogP contribution < -0.4 is 16.7 Å². The zero-order valence-electron chi connectivity index (χ0n) is 18.9. The van der Waals surface area contributed by atoms with Gasteiger partial charge in [0, 0.05) is 43.6 Å². The predicted octanol–water partition coefficient (Wildman–Crippen LogP) is 0.792. The molecule has 0 saturated carbocycles. The Morgan fingerprint density at radius 3 is 2.64 bits per heavy atom. The predicted molar refractivity (Wildman–Crippen MR) is 125 cm³/mol. The largest absolute Gasteiger partial charge is 0.391 e. The number of aryl methyl sites for hydroxylation is 1. The molecular formula is C23H33N7O3. The van der Waals surface area contributed by atoms with E-state index in [4.69, 9.17) is 5.73 Å². The number of nitrogens with one attached hydrogen (secondary N) is 1. The fourth-order valence-corrected chi connectivity index (χ4v) is 4.33. The summed E-state index contributed by atoms with van der Waals surface area (Å²) >= 11 is 0. The van der Waals surface area contributed by atoms with E-state index in [1.807, 2.05) is 0 Å². The number of nitrogens with two attached hydrogens (primary N) is 1. The van der Waals surface area contributed by atoms with E-state index in [1.54, 1.807) is 40.1 Å². The van der Waals surface area contributed by atoms with Gasteiger partial charge in [-0.2, -0.15) is 4.98 Å². The maximum absolute atomic E-state index is 12.6. The molecule has 0 spiro atoms. The van der Waals surface area contributed by atoms with Crippen LogP contribution in [-0.2, 0) is 6.54 Å². The quantitative estimate of drug-likeness (QED) is 0.498. The Kier molecular flexibility index (Phi) is 7.69. The Balaban J connectivity index is 1.28. The molecule has 2 fully saturated rings. The van der Waals surface area contributed by atoms with E-state index >= 15 is 0 Å². The fourth-order valence-electron chi connectivity index (χ4n) is 4.33. The number of aromatic nitrogens is 3. The van der Waals surface area contributed by atoms with Crippen LogP contribution >= 0.6 is 0 Å². The Hall–Kier alpha value is -2.82. The maximum atomic E-state index is 12.6. The van der Waals surface area contributed by atoms with Gasteiger partial charge in [-0.1, -0.05) is 0 Å². The highest BCUT2D eigenvalue weighted by molar-refractivity contribution is 5.95. The molecule has 2 aromatic heterocycles. The highest BCUT2D eigenvalue weighted by Crippen LogP contribution is 2.17. The van der Waals surface area contributed by atoms with Crippen molar-refractivity contribution >= 4 is 17.5 Å². The fraction of sp³-hybridized carbons (Fsp3) is 0.565. The van der Waals surface area contributed by atoms with Crippen LogP contribution in [0.15, 0.2) is 35.4 Å². The van der Waals surface area contributed by atoms with Crippen LogP contribution in [0.2, 0.25) is 0 Å². The number of β-amino-alcohol motifs (C(OH)–C–C–N with tert-alkyl or cyclic N) is 1. The summed E-state index contributed by atoms with van der Waals surface area (Å²) in [6, 6.07) is 5.35. The monoisotopic (exact) mass is 455 g/mol. The molecule has 2 aliphatic rings. The Morgan fingerprint density at radius 1 is 1.12 bits per heavy atom. The Bertz CT molecular complexity index is 1000. The van der Waals surface area contributed by atoms with E-state index in [2.05, 4.69) is 20.2 Å². The molecule has 0 aromatic carbocycles. The average molecular weight is 456 g/mol. The van der Waals surface area contributed by atoms with Crippen molar-refractivity contribution in [3.8, 4) is 0 Å². The van der Waals surface area contributed by atoms with Crippen molar-refractivity contribution in [2.45, 2.75) is 50.8 Å². The summed E-state index contributed by atoms with van der Waals surface area (Å²) in [5.41, 5.74) is 6.11. The number of rotatable bonds is 8. The number of amides is 1. The van der Waals surface area contributed by atoms with Gasteiger partial charge < -0.3 is 26.0 Å². The number of pyridine rings is 1. The minimum absolute atomic E-state index is 0.146. The third kappa shape index (κ3) is 6.37. The smallest absolute Gasteiger partial charge is 0.349 e.